The van der Waals surface area contributed by atoms with Gasteiger partial charge in [-0.2, -0.15) is 0 Å². The van der Waals surface area contributed by atoms with Gasteiger partial charge in [0.15, 0.2) is 0 Å². The topological polar surface area (TPSA) is 76.7 Å². The normalized spacial score (nSPS) is 11.6. The summed E-state index contributed by atoms with van der Waals surface area (Å²) in [5, 5.41) is 3.02. The average Bonchev–Trinajstić information content (AvgIpc) is 2.49. The molecule has 0 amide bonds. The van der Waals surface area contributed by atoms with Crippen LogP contribution in [-0.2, 0) is 21.2 Å². The fraction of sp³-hybridized carbons (Fsp3) is 0.571. The van der Waals surface area contributed by atoms with Crippen LogP contribution in [0.1, 0.15) is 12.0 Å². The number of likely N-dealkylation sites (N-methyl/N-ethyl adjacent to an activating group) is 1. The smallest absolute Gasteiger partial charge is 0.240 e. The first kappa shape index (κ1) is 17.9. The van der Waals surface area contributed by atoms with E-state index in [0.717, 1.165) is 5.56 Å². The highest BCUT2D eigenvalue weighted by molar-refractivity contribution is 7.89. The molecular weight excluding hydrogens is 292 g/mol. The lowest BCUT2D eigenvalue weighted by atomic mass is 10.1. The van der Waals surface area contributed by atoms with Crippen molar-refractivity contribution in [2.75, 3.05) is 41.0 Å². The Balaban J connectivity index is 2.92. The van der Waals surface area contributed by atoms with Crippen molar-refractivity contribution in [3.8, 4) is 5.75 Å². The van der Waals surface area contributed by atoms with Crippen LogP contribution in [0.25, 0.3) is 0 Å². The Hall–Kier alpha value is -1.15. The van der Waals surface area contributed by atoms with E-state index in [1.54, 1.807) is 32.4 Å². The van der Waals surface area contributed by atoms with E-state index in [9.17, 15) is 8.42 Å². The first-order valence-corrected chi connectivity index (χ1v) is 8.33. The van der Waals surface area contributed by atoms with Crippen molar-refractivity contribution in [1.82, 2.24) is 10.0 Å². The van der Waals surface area contributed by atoms with E-state index in [0.29, 0.717) is 43.2 Å². The van der Waals surface area contributed by atoms with Gasteiger partial charge in [0.2, 0.25) is 10.0 Å². The fourth-order valence-electron chi connectivity index (χ4n) is 1.90. The maximum atomic E-state index is 12.4. The van der Waals surface area contributed by atoms with Crippen LogP contribution in [0.4, 0.5) is 0 Å². The predicted molar refractivity (Wildman–Crippen MR) is 82.3 cm³/mol. The summed E-state index contributed by atoms with van der Waals surface area (Å²) in [5.41, 5.74) is 0.739. The molecule has 0 aliphatic rings. The first-order chi connectivity index (χ1) is 10.0. The van der Waals surface area contributed by atoms with E-state index in [2.05, 4.69) is 10.0 Å². The van der Waals surface area contributed by atoms with E-state index in [1.807, 2.05) is 7.05 Å². The average molecular weight is 316 g/mol. The van der Waals surface area contributed by atoms with Gasteiger partial charge in [0.1, 0.15) is 5.75 Å². The van der Waals surface area contributed by atoms with E-state index < -0.39 is 10.0 Å². The fourth-order valence-corrected chi connectivity index (χ4v) is 3.22. The van der Waals surface area contributed by atoms with E-state index in [1.165, 1.54) is 0 Å². The van der Waals surface area contributed by atoms with Gasteiger partial charge >= 0.3 is 0 Å². The van der Waals surface area contributed by atoms with Gasteiger partial charge < -0.3 is 14.8 Å². The van der Waals surface area contributed by atoms with Crippen molar-refractivity contribution in [3.05, 3.63) is 23.8 Å². The Morgan fingerprint density at radius 2 is 1.95 bits per heavy atom. The van der Waals surface area contributed by atoms with Crippen LogP contribution in [0.5, 0.6) is 5.75 Å². The molecule has 0 saturated heterocycles. The zero-order valence-electron chi connectivity index (χ0n) is 12.8. The lowest BCUT2D eigenvalue weighted by molar-refractivity contribution is 0.196. The number of hydrogen-bond donors (Lipinski definition) is 2. The summed E-state index contributed by atoms with van der Waals surface area (Å²) in [6.07, 6.45) is 1.25. The van der Waals surface area contributed by atoms with Crippen LogP contribution in [0.15, 0.2) is 23.1 Å². The third-order valence-corrected chi connectivity index (χ3v) is 4.58. The summed E-state index contributed by atoms with van der Waals surface area (Å²) in [7, 11) is 1.47. The van der Waals surface area contributed by atoms with Crippen LogP contribution < -0.4 is 14.8 Å². The summed E-state index contributed by atoms with van der Waals surface area (Å²) in [6.45, 7) is 1.57. The second-order valence-corrected chi connectivity index (χ2v) is 6.31. The van der Waals surface area contributed by atoms with E-state index in [-0.39, 0.29) is 0 Å². The summed E-state index contributed by atoms with van der Waals surface area (Å²) >= 11 is 0. The van der Waals surface area contributed by atoms with Crippen molar-refractivity contribution in [3.63, 3.8) is 0 Å². The molecule has 0 bridgehead atoms. The molecule has 0 aliphatic carbocycles. The van der Waals surface area contributed by atoms with Crippen LogP contribution in [0, 0.1) is 0 Å². The van der Waals surface area contributed by atoms with Crippen LogP contribution in [-0.4, -0.2) is 49.4 Å². The monoisotopic (exact) mass is 316 g/mol. The second-order valence-electron chi connectivity index (χ2n) is 4.57. The van der Waals surface area contributed by atoms with Gasteiger partial charge in [0.05, 0.1) is 12.0 Å². The van der Waals surface area contributed by atoms with Crippen LogP contribution in [0.2, 0.25) is 0 Å². The zero-order chi connectivity index (χ0) is 15.7. The third kappa shape index (κ3) is 5.62. The van der Waals surface area contributed by atoms with Crippen molar-refractivity contribution < 1.29 is 17.9 Å². The molecule has 120 valence electrons. The molecule has 0 aliphatic heterocycles. The minimum absolute atomic E-state index is 0.302. The Morgan fingerprint density at radius 1 is 1.19 bits per heavy atom. The maximum Gasteiger partial charge on any atom is 0.240 e. The number of rotatable bonds is 10. The van der Waals surface area contributed by atoms with Gasteiger partial charge in [-0.15, -0.1) is 0 Å². The molecule has 0 saturated carbocycles. The molecule has 7 heteroatoms. The Kier molecular flexibility index (Phi) is 7.66. The number of benzene rings is 1. The lowest BCUT2D eigenvalue weighted by Crippen LogP contribution is -2.27. The van der Waals surface area contributed by atoms with Gasteiger partial charge in [-0.1, -0.05) is 0 Å². The largest absolute Gasteiger partial charge is 0.497 e. The molecule has 1 aromatic carbocycles. The zero-order valence-corrected chi connectivity index (χ0v) is 13.6. The summed E-state index contributed by atoms with van der Waals surface area (Å²) in [6, 6.07) is 5.01. The summed E-state index contributed by atoms with van der Waals surface area (Å²) in [4.78, 5) is 0.302. The number of ether oxygens (including phenoxy) is 2. The third-order valence-electron chi connectivity index (χ3n) is 3.02. The van der Waals surface area contributed by atoms with Gasteiger partial charge in [-0.05, 0) is 50.2 Å². The molecule has 0 unspecified atom stereocenters. The van der Waals surface area contributed by atoms with Crippen LogP contribution >= 0.6 is 0 Å². The van der Waals surface area contributed by atoms with Crippen molar-refractivity contribution in [1.29, 1.82) is 0 Å². The van der Waals surface area contributed by atoms with Crippen LogP contribution in [0.3, 0.4) is 0 Å². The molecule has 1 aromatic rings. The van der Waals surface area contributed by atoms with Crippen molar-refractivity contribution >= 4 is 10.0 Å². The van der Waals surface area contributed by atoms with Crippen molar-refractivity contribution in [2.24, 2.45) is 0 Å². The standard InChI is InChI=1S/C14H24N2O4S/c1-15-9-7-12-11-13(20-3)5-6-14(12)21(17,18)16-8-4-10-19-2/h5-6,11,15-16H,4,7-10H2,1-3H3. The number of methoxy groups -OCH3 is 2. The van der Waals surface area contributed by atoms with Gasteiger partial charge in [-0.3, -0.25) is 0 Å². The highest BCUT2D eigenvalue weighted by Gasteiger charge is 2.18. The molecule has 21 heavy (non-hydrogen) atoms. The van der Waals surface area contributed by atoms with E-state index >= 15 is 0 Å². The highest BCUT2D eigenvalue weighted by atomic mass is 32.2. The van der Waals surface area contributed by atoms with Gasteiger partial charge in [-0.25, -0.2) is 13.1 Å². The highest BCUT2D eigenvalue weighted by Crippen LogP contribution is 2.22. The maximum absolute atomic E-state index is 12.4. The Morgan fingerprint density at radius 3 is 2.57 bits per heavy atom. The lowest BCUT2D eigenvalue weighted by Gasteiger charge is -2.13. The van der Waals surface area contributed by atoms with Gasteiger partial charge in [0, 0.05) is 20.3 Å². The molecule has 0 radical (unpaired) electrons. The molecule has 1 rings (SSSR count). The first-order valence-electron chi connectivity index (χ1n) is 6.85. The minimum atomic E-state index is -3.52. The predicted octanol–water partition coefficient (Wildman–Crippen LogP) is 0.772. The summed E-state index contributed by atoms with van der Waals surface area (Å²) < 4.78 is 37.4. The van der Waals surface area contributed by atoms with E-state index in [4.69, 9.17) is 9.47 Å². The molecule has 0 spiro atoms. The minimum Gasteiger partial charge on any atom is -0.497 e. The Bertz CT molecular complexity index is 532. The summed E-state index contributed by atoms with van der Waals surface area (Å²) in [5.74, 6) is 0.652. The number of hydrogen-bond acceptors (Lipinski definition) is 5. The molecule has 0 atom stereocenters. The molecule has 0 heterocycles. The van der Waals surface area contributed by atoms with Gasteiger partial charge in [0.25, 0.3) is 0 Å². The second kappa shape index (κ2) is 8.99. The SMILES string of the molecule is CNCCc1cc(OC)ccc1S(=O)(=O)NCCCOC. The Labute approximate surface area is 126 Å². The molecule has 2 N–H and O–H groups in total. The molecule has 0 fully saturated rings. The molecular formula is C14H24N2O4S. The number of nitrogens with one attached hydrogen (secondary N) is 2. The molecule has 0 aromatic heterocycles. The number of sulfonamides is 1. The quantitative estimate of drug-likeness (QED) is 0.624. The molecule has 6 nitrogen and oxygen atoms in total. The van der Waals surface area contributed by atoms with Crippen molar-refractivity contribution in [2.45, 2.75) is 17.7 Å².